The van der Waals surface area contributed by atoms with E-state index in [9.17, 15) is 14.4 Å². The van der Waals surface area contributed by atoms with Gasteiger partial charge in [0, 0.05) is 6.20 Å². The number of ether oxygens (including phenoxy) is 3. The summed E-state index contributed by atoms with van der Waals surface area (Å²) in [6, 6.07) is 3.14. The third-order valence-electron chi connectivity index (χ3n) is 2.22. The average Bonchev–Trinajstić information content (AvgIpc) is 2.44. The molecule has 1 aromatic rings. The molecule has 0 saturated carbocycles. The summed E-state index contributed by atoms with van der Waals surface area (Å²) in [5, 5.41) is 2.46. The molecule has 0 aliphatic heterocycles. The van der Waals surface area contributed by atoms with E-state index in [1.165, 1.54) is 13.3 Å². The third kappa shape index (κ3) is 10.7. The standard InChI is InChI=1S/C12H16N2O4.C5H10O2/c1-12(2,3)18-11(16)14-8-6-5-7-13-9(8)10(15)17-4;1-5(2,3)7-4-6/h5-7H,1-4H3,(H,14,16);4H,1-3H3. The summed E-state index contributed by atoms with van der Waals surface area (Å²) < 4.78 is 14.2. The number of nitrogens with zero attached hydrogens (tertiary/aromatic N) is 1. The van der Waals surface area contributed by atoms with Crippen LogP contribution in [0.1, 0.15) is 52.0 Å². The number of carbonyl (C=O) groups is 3. The number of methoxy groups -OCH3 is 1. The van der Waals surface area contributed by atoms with Gasteiger partial charge in [0.1, 0.15) is 11.2 Å². The molecule has 0 aromatic carbocycles. The number of aromatic nitrogens is 1. The van der Waals surface area contributed by atoms with Gasteiger partial charge in [-0.25, -0.2) is 14.6 Å². The molecule has 8 heteroatoms. The van der Waals surface area contributed by atoms with Gasteiger partial charge in [0.05, 0.1) is 12.8 Å². The van der Waals surface area contributed by atoms with Crippen molar-refractivity contribution in [2.75, 3.05) is 12.4 Å². The Labute approximate surface area is 147 Å². The fraction of sp³-hybridized carbons (Fsp3) is 0.529. The zero-order valence-electron chi connectivity index (χ0n) is 15.7. The Morgan fingerprint density at radius 3 is 2.12 bits per heavy atom. The zero-order chi connectivity index (χ0) is 19.7. The number of esters is 1. The minimum atomic E-state index is -0.652. The Kier molecular flexibility index (Phi) is 8.59. The van der Waals surface area contributed by atoms with Crippen molar-refractivity contribution in [3.8, 4) is 0 Å². The molecule has 0 saturated heterocycles. The normalized spacial score (nSPS) is 10.7. The number of rotatable bonds is 3. The van der Waals surface area contributed by atoms with Crippen molar-refractivity contribution in [2.24, 2.45) is 0 Å². The van der Waals surface area contributed by atoms with E-state index in [1.54, 1.807) is 32.9 Å². The molecule has 0 fully saturated rings. The summed E-state index contributed by atoms with van der Waals surface area (Å²) in [6.45, 7) is 11.2. The molecule has 1 N–H and O–H groups in total. The Balaban J connectivity index is 0.000000697. The first kappa shape index (κ1) is 22.4. The van der Waals surface area contributed by atoms with Crippen molar-refractivity contribution < 1.29 is 28.6 Å². The quantitative estimate of drug-likeness (QED) is 0.505. The van der Waals surface area contributed by atoms with Gasteiger partial charge in [-0.1, -0.05) is 0 Å². The molecule has 1 rings (SSSR count). The van der Waals surface area contributed by atoms with Crippen LogP contribution in [0, 0.1) is 0 Å². The Morgan fingerprint density at radius 2 is 1.72 bits per heavy atom. The molecule has 0 spiro atoms. The second kappa shape index (κ2) is 9.61. The van der Waals surface area contributed by atoms with Gasteiger partial charge in [-0.15, -0.1) is 0 Å². The molecule has 8 nitrogen and oxygen atoms in total. The van der Waals surface area contributed by atoms with Gasteiger partial charge in [0.25, 0.3) is 6.47 Å². The molecule has 0 atom stereocenters. The van der Waals surface area contributed by atoms with Gasteiger partial charge in [0.15, 0.2) is 5.69 Å². The highest BCUT2D eigenvalue weighted by Gasteiger charge is 2.19. The van der Waals surface area contributed by atoms with Gasteiger partial charge in [0.2, 0.25) is 0 Å². The molecule has 1 aromatic heterocycles. The number of nitrogens with one attached hydrogen (secondary N) is 1. The summed E-state index contributed by atoms with van der Waals surface area (Å²) in [4.78, 5) is 36.5. The maximum atomic E-state index is 11.6. The third-order valence-corrected chi connectivity index (χ3v) is 2.22. The fourth-order valence-electron chi connectivity index (χ4n) is 1.32. The van der Waals surface area contributed by atoms with E-state index in [0.717, 1.165) is 0 Å². The van der Waals surface area contributed by atoms with Gasteiger partial charge in [-0.2, -0.15) is 0 Å². The maximum Gasteiger partial charge on any atom is 0.412 e. The minimum absolute atomic E-state index is 0.0332. The van der Waals surface area contributed by atoms with E-state index in [1.807, 2.05) is 20.8 Å². The van der Waals surface area contributed by atoms with Crippen molar-refractivity contribution in [3.63, 3.8) is 0 Å². The maximum absolute atomic E-state index is 11.6. The summed E-state index contributed by atoms with van der Waals surface area (Å²) in [5.74, 6) is -0.623. The van der Waals surface area contributed by atoms with Gasteiger partial charge >= 0.3 is 12.1 Å². The molecular formula is C17H26N2O6. The summed E-state index contributed by atoms with van der Waals surface area (Å²) in [5.41, 5.74) is -0.649. The Bertz CT molecular complexity index is 588. The van der Waals surface area contributed by atoms with Crippen LogP contribution in [0.15, 0.2) is 18.3 Å². The van der Waals surface area contributed by atoms with E-state index in [4.69, 9.17) is 4.74 Å². The predicted octanol–water partition coefficient (Wildman–Crippen LogP) is 3.17. The number of amides is 1. The summed E-state index contributed by atoms with van der Waals surface area (Å²) in [7, 11) is 1.24. The zero-order valence-corrected chi connectivity index (χ0v) is 15.7. The second-order valence-corrected chi connectivity index (χ2v) is 6.84. The number of hydrogen-bond acceptors (Lipinski definition) is 7. The van der Waals surface area contributed by atoms with Crippen LogP contribution in [0.5, 0.6) is 0 Å². The lowest BCUT2D eigenvalue weighted by molar-refractivity contribution is -0.138. The largest absolute Gasteiger partial charge is 0.464 e. The van der Waals surface area contributed by atoms with Crippen LogP contribution in [0.25, 0.3) is 0 Å². The van der Waals surface area contributed by atoms with Gasteiger partial charge in [-0.3, -0.25) is 10.1 Å². The molecule has 0 radical (unpaired) electrons. The van der Waals surface area contributed by atoms with Crippen LogP contribution in [-0.4, -0.2) is 41.8 Å². The first-order chi connectivity index (χ1) is 11.4. The molecule has 0 aliphatic carbocycles. The van der Waals surface area contributed by atoms with Crippen LogP contribution < -0.4 is 5.32 Å². The van der Waals surface area contributed by atoms with E-state index in [2.05, 4.69) is 19.8 Å². The first-order valence-corrected chi connectivity index (χ1v) is 7.54. The first-order valence-electron chi connectivity index (χ1n) is 7.54. The van der Waals surface area contributed by atoms with E-state index >= 15 is 0 Å². The number of pyridine rings is 1. The van der Waals surface area contributed by atoms with Crippen LogP contribution in [-0.2, 0) is 19.0 Å². The average molecular weight is 354 g/mol. The lowest BCUT2D eigenvalue weighted by atomic mass is 10.2. The number of carbonyl (C=O) groups excluding carboxylic acids is 3. The van der Waals surface area contributed by atoms with Crippen molar-refractivity contribution in [2.45, 2.75) is 52.7 Å². The number of hydrogen-bond donors (Lipinski definition) is 1. The highest BCUT2D eigenvalue weighted by molar-refractivity contribution is 5.97. The van der Waals surface area contributed by atoms with E-state index < -0.39 is 17.7 Å². The summed E-state index contributed by atoms with van der Waals surface area (Å²) in [6.07, 6.45) is 0.785. The van der Waals surface area contributed by atoms with E-state index in [0.29, 0.717) is 6.47 Å². The van der Waals surface area contributed by atoms with Crippen LogP contribution in [0.4, 0.5) is 10.5 Å². The Morgan fingerprint density at radius 1 is 1.12 bits per heavy atom. The van der Waals surface area contributed by atoms with Gasteiger partial charge < -0.3 is 14.2 Å². The summed E-state index contributed by atoms with van der Waals surface area (Å²) >= 11 is 0. The molecule has 140 valence electrons. The van der Waals surface area contributed by atoms with Crippen LogP contribution in [0.3, 0.4) is 0 Å². The highest BCUT2D eigenvalue weighted by atomic mass is 16.6. The molecule has 1 heterocycles. The lowest BCUT2D eigenvalue weighted by Crippen LogP contribution is -2.28. The molecule has 0 aliphatic rings. The highest BCUT2D eigenvalue weighted by Crippen LogP contribution is 2.15. The van der Waals surface area contributed by atoms with E-state index in [-0.39, 0.29) is 17.0 Å². The smallest absolute Gasteiger partial charge is 0.412 e. The molecule has 25 heavy (non-hydrogen) atoms. The predicted molar refractivity (Wildman–Crippen MR) is 92.3 cm³/mol. The lowest BCUT2D eigenvalue weighted by Gasteiger charge is -2.20. The minimum Gasteiger partial charge on any atom is -0.464 e. The fourth-order valence-corrected chi connectivity index (χ4v) is 1.32. The van der Waals surface area contributed by atoms with Crippen LogP contribution in [0.2, 0.25) is 0 Å². The van der Waals surface area contributed by atoms with Crippen molar-refractivity contribution in [3.05, 3.63) is 24.0 Å². The van der Waals surface area contributed by atoms with Crippen molar-refractivity contribution in [1.82, 2.24) is 4.98 Å². The van der Waals surface area contributed by atoms with Crippen molar-refractivity contribution in [1.29, 1.82) is 0 Å². The second-order valence-electron chi connectivity index (χ2n) is 6.84. The topological polar surface area (TPSA) is 104 Å². The molecule has 0 unspecified atom stereocenters. The monoisotopic (exact) mass is 354 g/mol. The molecule has 0 bridgehead atoms. The SMILES string of the molecule is CC(C)(C)OC=O.COC(=O)c1ncccc1NC(=O)OC(C)(C)C. The Hall–Kier alpha value is -2.64. The van der Waals surface area contributed by atoms with Crippen LogP contribution >= 0.6 is 0 Å². The molecule has 1 amide bonds. The number of anilines is 1. The van der Waals surface area contributed by atoms with Gasteiger partial charge in [-0.05, 0) is 53.7 Å². The molecular weight excluding hydrogens is 328 g/mol. The van der Waals surface area contributed by atoms with Crippen molar-refractivity contribution >= 4 is 24.2 Å².